The van der Waals surface area contributed by atoms with E-state index in [0.29, 0.717) is 36.7 Å². The highest BCUT2D eigenvalue weighted by atomic mass is 19.4. The molecule has 0 fully saturated rings. The predicted octanol–water partition coefficient (Wildman–Crippen LogP) is 4.59. The van der Waals surface area contributed by atoms with Crippen molar-refractivity contribution in [2.45, 2.75) is 25.6 Å². The van der Waals surface area contributed by atoms with Gasteiger partial charge >= 0.3 is 6.18 Å². The summed E-state index contributed by atoms with van der Waals surface area (Å²) in [6.45, 7) is 0.167. The summed E-state index contributed by atoms with van der Waals surface area (Å²) in [4.78, 5) is 0. The molecule has 0 bridgehead atoms. The van der Waals surface area contributed by atoms with Gasteiger partial charge in [0.1, 0.15) is 18.2 Å². The number of halogens is 4. The van der Waals surface area contributed by atoms with E-state index in [4.69, 9.17) is 19.3 Å². The third-order valence-corrected chi connectivity index (χ3v) is 3.72. The monoisotopic (exact) mass is 412 g/mol. The molecule has 0 atom stereocenters. The molecule has 0 unspecified atom stereocenters. The highest BCUT2D eigenvalue weighted by Gasteiger charge is 2.34. The van der Waals surface area contributed by atoms with E-state index in [0.717, 1.165) is 12.1 Å². The van der Waals surface area contributed by atoms with Gasteiger partial charge in [-0.05, 0) is 29.8 Å². The molecule has 0 spiro atoms. The van der Waals surface area contributed by atoms with Crippen LogP contribution < -0.4 is 14.2 Å². The van der Waals surface area contributed by atoms with Gasteiger partial charge in [0.2, 0.25) is 0 Å². The fraction of sp³-hybridized carbons (Fsp3) is 0.333. The van der Waals surface area contributed by atoms with Gasteiger partial charge in [-0.15, -0.1) is 5.92 Å². The molecule has 0 aliphatic heterocycles. The van der Waals surface area contributed by atoms with Crippen LogP contribution in [0.15, 0.2) is 36.4 Å². The third-order valence-electron chi connectivity index (χ3n) is 3.72. The Balaban J connectivity index is 2.00. The molecule has 0 saturated carbocycles. The van der Waals surface area contributed by atoms with Gasteiger partial charge in [-0.25, -0.2) is 4.39 Å². The molecule has 0 radical (unpaired) electrons. The summed E-state index contributed by atoms with van der Waals surface area (Å²) in [6.07, 6.45) is -3.87. The average molecular weight is 412 g/mol. The molecule has 1 N–H and O–H groups in total. The zero-order valence-corrected chi connectivity index (χ0v) is 15.7. The van der Waals surface area contributed by atoms with Gasteiger partial charge in [-0.1, -0.05) is 12.0 Å². The second kappa shape index (κ2) is 10.6. The molecule has 0 aromatic heterocycles. The number of alkyl halides is 3. The van der Waals surface area contributed by atoms with Crippen molar-refractivity contribution < 1.29 is 36.9 Å². The Bertz CT molecular complexity index is 869. The summed E-state index contributed by atoms with van der Waals surface area (Å²) in [5, 5.41) is 8.64. The third kappa shape index (κ3) is 6.88. The number of hydrogen-bond acceptors (Lipinski definition) is 4. The van der Waals surface area contributed by atoms with Crippen LogP contribution in [0.5, 0.6) is 17.2 Å². The number of methoxy groups -OCH3 is 1. The minimum absolute atomic E-state index is 0.0158. The number of rotatable bonds is 8. The van der Waals surface area contributed by atoms with Gasteiger partial charge in [0, 0.05) is 18.9 Å². The summed E-state index contributed by atoms with van der Waals surface area (Å²) in [6, 6.07) is 7.50. The van der Waals surface area contributed by atoms with E-state index in [-0.39, 0.29) is 18.8 Å². The van der Waals surface area contributed by atoms with Gasteiger partial charge in [0.25, 0.3) is 0 Å². The molecular weight excluding hydrogens is 392 g/mol. The summed E-state index contributed by atoms with van der Waals surface area (Å²) in [5.74, 6) is 5.47. The Morgan fingerprint density at radius 2 is 1.72 bits per heavy atom. The summed E-state index contributed by atoms with van der Waals surface area (Å²) < 4.78 is 68.1. The maximum absolute atomic E-state index is 13.4. The number of benzene rings is 2. The van der Waals surface area contributed by atoms with Gasteiger partial charge in [0.05, 0.1) is 25.9 Å². The molecule has 156 valence electrons. The van der Waals surface area contributed by atoms with E-state index in [1.807, 2.05) is 0 Å². The largest absolute Gasteiger partial charge is 0.493 e. The van der Waals surface area contributed by atoms with Crippen LogP contribution in [-0.4, -0.2) is 25.4 Å². The van der Waals surface area contributed by atoms with E-state index in [2.05, 4.69) is 11.8 Å². The van der Waals surface area contributed by atoms with E-state index in [1.54, 1.807) is 18.2 Å². The highest BCUT2D eigenvalue weighted by Crippen LogP contribution is 2.34. The molecule has 2 aromatic rings. The first-order valence-electron chi connectivity index (χ1n) is 8.71. The lowest BCUT2D eigenvalue weighted by Crippen LogP contribution is -2.09. The number of aliphatic hydroxyl groups is 1. The fourth-order valence-electron chi connectivity index (χ4n) is 2.35. The Labute approximate surface area is 166 Å². The summed E-state index contributed by atoms with van der Waals surface area (Å²) in [7, 11) is 1.42. The van der Waals surface area contributed by atoms with Crippen LogP contribution in [0, 0.1) is 17.7 Å². The Hall–Kier alpha value is -2.92. The van der Waals surface area contributed by atoms with Crippen LogP contribution in [0.1, 0.15) is 24.0 Å². The molecule has 0 saturated heterocycles. The molecule has 2 aromatic carbocycles. The Morgan fingerprint density at radius 3 is 2.41 bits per heavy atom. The maximum Gasteiger partial charge on any atom is 0.419 e. The van der Waals surface area contributed by atoms with Crippen LogP contribution in [-0.2, 0) is 12.8 Å². The average Bonchev–Trinajstić information content (AvgIpc) is 2.69. The molecule has 2 rings (SSSR count). The quantitative estimate of drug-likeness (QED) is 0.392. The van der Waals surface area contributed by atoms with E-state index >= 15 is 0 Å². The molecule has 0 amide bonds. The van der Waals surface area contributed by atoms with Crippen molar-refractivity contribution in [1.29, 1.82) is 0 Å². The van der Waals surface area contributed by atoms with Crippen LogP contribution in [0.2, 0.25) is 0 Å². The second-order valence-corrected chi connectivity index (χ2v) is 5.84. The molecule has 4 nitrogen and oxygen atoms in total. The second-order valence-electron chi connectivity index (χ2n) is 5.84. The van der Waals surface area contributed by atoms with Gasteiger partial charge in [-0.3, -0.25) is 0 Å². The van der Waals surface area contributed by atoms with E-state index in [1.165, 1.54) is 13.2 Å². The van der Waals surface area contributed by atoms with Crippen LogP contribution in [0.25, 0.3) is 0 Å². The lowest BCUT2D eigenvalue weighted by molar-refractivity contribution is -0.140. The number of aliphatic hydroxyl groups excluding tert-OH is 1. The van der Waals surface area contributed by atoms with Crippen molar-refractivity contribution in [3.05, 3.63) is 53.3 Å². The maximum atomic E-state index is 13.4. The first kappa shape index (κ1) is 22.4. The summed E-state index contributed by atoms with van der Waals surface area (Å²) >= 11 is 0. The van der Waals surface area contributed by atoms with Crippen molar-refractivity contribution >= 4 is 0 Å². The van der Waals surface area contributed by atoms with E-state index in [9.17, 15) is 17.6 Å². The molecule has 8 heteroatoms. The minimum atomic E-state index is -4.78. The fourth-order valence-corrected chi connectivity index (χ4v) is 2.35. The zero-order chi connectivity index (χ0) is 21.3. The van der Waals surface area contributed by atoms with Crippen molar-refractivity contribution in [2.75, 3.05) is 20.3 Å². The molecule has 0 heterocycles. The highest BCUT2D eigenvalue weighted by molar-refractivity contribution is 5.45. The predicted molar refractivity (Wildman–Crippen MR) is 98.3 cm³/mol. The van der Waals surface area contributed by atoms with Crippen LogP contribution >= 0.6 is 0 Å². The Morgan fingerprint density at radius 1 is 0.966 bits per heavy atom. The lowest BCUT2D eigenvalue weighted by atomic mass is 10.1. The SMILES string of the molecule is COc1cc(OCCC#CCCO)ccc1OCc1ccc(F)c(C(F)(F)F)c1. The van der Waals surface area contributed by atoms with Crippen LogP contribution in [0.4, 0.5) is 17.6 Å². The smallest absolute Gasteiger partial charge is 0.419 e. The number of ether oxygens (including phenoxy) is 3. The first-order chi connectivity index (χ1) is 13.8. The van der Waals surface area contributed by atoms with Gasteiger partial charge in [-0.2, -0.15) is 13.2 Å². The van der Waals surface area contributed by atoms with Crippen molar-refractivity contribution in [3.63, 3.8) is 0 Å². The van der Waals surface area contributed by atoms with Crippen molar-refractivity contribution in [2.24, 2.45) is 0 Å². The van der Waals surface area contributed by atoms with Gasteiger partial charge in [0.15, 0.2) is 11.5 Å². The van der Waals surface area contributed by atoms with Gasteiger partial charge < -0.3 is 19.3 Å². The lowest BCUT2D eigenvalue weighted by Gasteiger charge is -2.14. The topological polar surface area (TPSA) is 47.9 Å². The van der Waals surface area contributed by atoms with E-state index < -0.39 is 17.6 Å². The minimum Gasteiger partial charge on any atom is -0.493 e. The molecular formula is C21H20F4O4. The zero-order valence-electron chi connectivity index (χ0n) is 15.7. The molecule has 0 aliphatic carbocycles. The Kier molecular flexibility index (Phi) is 8.16. The standard InChI is InChI=1S/C21H20F4O4/c1-27-20-13-16(28-11-5-3-2-4-10-26)7-9-19(20)29-14-15-6-8-18(22)17(12-15)21(23,24)25/h6-9,12-13,26H,4-5,10-11,14H2,1H3. The molecule has 29 heavy (non-hydrogen) atoms. The summed E-state index contributed by atoms with van der Waals surface area (Å²) in [5.41, 5.74) is -1.17. The molecule has 0 aliphatic rings. The first-order valence-corrected chi connectivity index (χ1v) is 8.71. The normalized spacial score (nSPS) is 10.8. The number of hydrogen-bond donors (Lipinski definition) is 1. The van der Waals surface area contributed by atoms with Crippen LogP contribution in [0.3, 0.4) is 0 Å². The van der Waals surface area contributed by atoms with Crippen molar-refractivity contribution in [1.82, 2.24) is 0 Å². The van der Waals surface area contributed by atoms with Crippen molar-refractivity contribution in [3.8, 4) is 29.1 Å².